The minimum Gasteiger partial charge on any atom is -0.340 e. The number of anilines is 1. The van der Waals surface area contributed by atoms with Crippen molar-refractivity contribution >= 4 is 17.5 Å². The first kappa shape index (κ1) is 15.9. The number of hydrogen-bond acceptors (Lipinski definition) is 2. The number of amides is 2. The minimum atomic E-state index is -0.0985. The summed E-state index contributed by atoms with van der Waals surface area (Å²) in [5, 5.41) is 2.99. The van der Waals surface area contributed by atoms with E-state index >= 15 is 0 Å². The predicted molar refractivity (Wildman–Crippen MR) is 97.0 cm³/mol. The summed E-state index contributed by atoms with van der Waals surface area (Å²) >= 11 is 0. The lowest BCUT2D eigenvalue weighted by Gasteiger charge is -2.16. The number of likely N-dealkylation sites (tertiary alicyclic amines) is 1. The fraction of sp³-hybridized carbons (Fsp3) is 0.400. The average molecular weight is 337 g/mol. The SMILES string of the molecule is Cc1cc(C(=O)N2CCCC2)ccc1NC(=O)c1cccn1C1CC1. The van der Waals surface area contributed by atoms with Gasteiger partial charge in [-0.1, -0.05) is 0 Å². The van der Waals surface area contributed by atoms with Crippen LogP contribution in [-0.2, 0) is 0 Å². The fourth-order valence-electron chi connectivity index (χ4n) is 3.48. The maximum absolute atomic E-state index is 12.6. The van der Waals surface area contributed by atoms with E-state index in [2.05, 4.69) is 9.88 Å². The Morgan fingerprint density at radius 1 is 1.12 bits per heavy atom. The fourth-order valence-corrected chi connectivity index (χ4v) is 3.48. The lowest BCUT2D eigenvalue weighted by Crippen LogP contribution is -2.27. The molecule has 2 heterocycles. The van der Waals surface area contributed by atoms with Crippen LogP contribution in [0.4, 0.5) is 5.69 Å². The second kappa shape index (κ2) is 6.39. The summed E-state index contributed by atoms with van der Waals surface area (Å²) in [4.78, 5) is 27.0. The highest BCUT2D eigenvalue weighted by molar-refractivity contribution is 6.04. The normalized spacial score (nSPS) is 16.9. The van der Waals surface area contributed by atoms with Crippen LogP contribution in [0.25, 0.3) is 0 Å². The van der Waals surface area contributed by atoms with Gasteiger partial charge in [-0.2, -0.15) is 0 Å². The molecule has 2 amide bonds. The van der Waals surface area contributed by atoms with Crippen molar-refractivity contribution in [2.75, 3.05) is 18.4 Å². The van der Waals surface area contributed by atoms with Gasteiger partial charge in [0, 0.05) is 36.6 Å². The monoisotopic (exact) mass is 337 g/mol. The standard InChI is InChI=1S/C20H23N3O2/c1-14-13-15(20(25)22-10-2-3-11-22)6-9-17(14)21-19(24)18-5-4-12-23(18)16-7-8-16/h4-6,9,12-13,16H,2-3,7-8,10-11H2,1H3,(H,21,24). The Bertz CT molecular complexity index is 814. The molecule has 1 N–H and O–H groups in total. The van der Waals surface area contributed by atoms with E-state index in [-0.39, 0.29) is 11.8 Å². The van der Waals surface area contributed by atoms with Gasteiger partial charge in [0.1, 0.15) is 5.69 Å². The van der Waals surface area contributed by atoms with Crippen molar-refractivity contribution < 1.29 is 9.59 Å². The van der Waals surface area contributed by atoms with Gasteiger partial charge in [-0.25, -0.2) is 0 Å². The van der Waals surface area contributed by atoms with Crippen LogP contribution in [0.3, 0.4) is 0 Å². The van der Waals surface area contributed by atoms with Gasteiger partial charge in [0.25, 0.3) is 11.8 Å². The molecule has 1 aromatic heterocycles. The van der Waals surface area contributed by atoms with Crippen molar-refractivity contribution in [3.8, 4) is 0 Å². The van der Waals surface area contributed by atoms with Gasteiger partial charge in [-0.3, -0.25) is 9.59 Å². The topological polar surface area (TPSA) is 54.3 Å². The Hall–Kier alpha value is -2.56. The lowest BCUT2D eigenvalue weighted by molar-refractivity contribution is 0.0792. The van der Waals surface area contributed by atoms with Crippen LogP contribution in [0, 0.1) is 6.92 Å². The molecule has 1 aliphatic carbocycles. The molecule has 5 heteroatoms. The largest absolute Gasteiger partial charge is 0.340 e. The summed E-state index contributed by atoms with van der Waals surface area (Å²) < 4.78 is 2.05. The molecular weight excluding hydrogens is 314 g/mol. The number of carbonyl (C=O) groups is 2. The van der Waals surface area contributed by atoms with E-state index < -0.39 is 0 Å². The van der Waals surface area contributed by atoms with Crippen LogP contribution in [0.1, 0.15) is 58.1 Å². The molecule has 25 heavy (non-hydrogen) atoms. The first-order valence-corrected chi connectivity index (χ1v) is 9.01. The Kier molecular flexibility index (Phi) is 4.07. The van der Waals surface area contributed by atoms with Gasteiger partial charge < -0.3 is 14.8 Å². The smallest absolute Gasteiger partial charge is 0.272 e. The van der Waals surface area contributed by atoms with E-state index in [0.29, 0.717) is 17.3 Å². The van der Waals surface area contributed by atoms with Crippen LogP contribution in [0.5, 0.6) is 0 Å². The second-order valence-electron chi connectivity index (χ2n) is 7.02. The minimum absolute atomic E-state index is 0.0843. The van der Waals surface area contributed by atoms with Crippen molar-refractivity contribution in [3.63, 3.8) is 0 Å². The summed E-state index contributed by atoms with van der Waals surface area (Å²) in [5.41, 5.74) is 3.05. The summed E-state index contributed by atoms with van der Waals surface area (Å²) in [7, 11) is 0. The van der Waals surface area contributed by atoms with E-state index in [1.54, 1.807) is 0 Å². The van der Waals surface area contributed by atoms with E-state index in [1.807, 2.05) is 48.4 Å². The van der Waals surface area contributed by atoms with E-state index in [0.717, 1.165) is 50.0 Å². The van der Waals surface area contributed by atoms with Crippen LogP contribution >= 0.6 is 0 Å². The Morgan fingerprint density at radius 2 is 1.88 bits per heavy atom. The summed E-state index contributed by atoms with van der Waals surface area (Å²) in [6.45, 7) is 3.61. The summed E-state index contributed by atoms with van der Waals surface area (Å²) in [6.07, 6.45) is 6.42. The zero-order chi connectivity index (χ0) is 17.4. The number of aryl methyl sites for hydroxylation is 1. The Balaban J connectivity index is 1.50. The first-order valence-electron chi connectivity index (χ1n) is 9.01. The van der Waals surface area contributed by atoms with Crippen molar-refractivity contribution in [3.05, 3.63) is 53.3 Å². The molecule has 1 saturated carbocycles. The quantitative estimate of drug-likeness (QED) is 0.926. The maximum Gasteiger partial charge on any atom is 0.272 e. The van der Waals surface area contributed by atoms with Crippen molar-refractivity contribution in [2.45, 2.75) is 38.6 Å². The zero-order valence-electron chi connectivity index (χ0n) is 14.5. The van der Waals surface area contributed by atoms with Crippen LogP contribution < -0.4 is 5.32 Å². The molecule has 1 saturated heterocycles. The molecule has 0 radical (unpaired) electrons. The molecule has 0 atom stereocenters. The van der Waals surface area contributed by atoms with Gasteiger partial charge in [0.2, 0.25) is 0 Å². The number of nitrogens with one attached hydrogen (secondary N) is 1. The van der Waals surface area contributed by atoms with Crippen LogP contribution in [0.2, 0.25) is 0 Å². The molecule has 5 nitrogen and oxygen atoms in total. The molecule has 0 spiro atoms. The molecule has 1 aliphatic heterocycles. The third-order valence-electron chi connectivity index (χ3n) is 5.07. The van der Waals surface area contributed by atoms with Gasteiger partial charge in [-0.15, -0.1) is 0 Å². The molecule has 2 aliphatic rings. The number of hydrogen-bond donors (Lipinski definition) is 1. The van der Waals surface area contributed by atoms with Crippen molar-refractivity contribution in [2.24, 2.45) is 0 Å². The molecule has 0 bridgehead atoms. The highest BCUT2D eigenvalue weighted by Gasteiger charge is 2.27. The number of benzene rings is 1. The predicted octanol–water partition coefficient (Wildman–Crippen LogP) is 3.62. The molecule has 1 aromatic carbocycles. The third-order valence-corrected chi connectivity index (χ3v) is 5.07. The lowest BCUT2D eigenvalue weighted by atomic mass is 10.1. The van der Waals surface area contributed by atoms with Crippen LogP contribution in [-0.4, -0.2) is 34.4 Å². The summed E-state index contributed by atoms with van der Waals surface area (Å²) in [6, 6.07) is 9.75. The molecule has 2 fully saturated rings. The Labute approximate surface area is 147 Å². The molecule has 130 valence electrons. The van der Waals surface area contributed by atoms with E-state index in [9.17, 15) is 9.59 Å². The third kappa shape index (κ3) is 3.18. The van der Waals surface area contributed by atoms with Gasteiger partial charge in [-0.05, 0) is 68.5 Å². The molecule has 2 aromatic rings. The highest BCUT2D eigenvalue weighted by atomic mass is 16.2. The Morgan fingerprint density at radius 3 is 2.56 bits per heavy atom. The zero-order valence-corrected chi connectivity index (χ0v) is 14.5. The number of rotatable bonds is 4. The second-order valence-corrected chi connectivity index (χ2v) is 7.02. The van der Waals surface area contributed by atoms with Crippen molar-refractivity contribution in [1.29, 1.82) is 0 Å². The number of carbonyl (C=O) groups excluding carboxylic acids is 2. The maximum atomic E-state index is 12.6. The van der Waals surface area contributed by atoms with Gasteiger partial charge in [0.15, 0.2) is 0 Å². The van der Waals surface area contributed by atoms with E-state index in [4.69, 9.17) is 0 Å². The molecular formula is C20H23N3O2. The first-order chi connectivity index (χ1) is 12.1. The van der Waals surface area contributed by atoms with Gasteiger partial charge in [0.05, 0.1) is 0 Å². The number of aromatic nitrogens is 1. The average Bonchev–Trinajstić information content (AvgIpc) is 3.12. The van der Waals surface area contributed by atoms with Gasteiger partial charge >= 0.3 is 0 Å². The van der Waals surface area contributed by atoms with Crippen molar-refractivity contribution in [1.82, 2.24) is 9.47 Å². The van der Waals surface area contributed by atoms with Crippen LogP contribution in [0.15, 0.2) is 36.5 Å². The molecule has 0 unspecified atom stereocenters. The summed E-state index contributed by atoms with van der Waals surface area (Å²) in [5.74, 6) is -0.0142. The highest BCUT2D eigenvalue weighted by Crippen LogP contribution is 2.36. The van der Waals surface area contributed by atoms with E-state index in [1.165, 1.54) is 0 Å². The molecule has 4 rings (SSSR count). The number of nitrogens with zero attached hydrogens (tertiary/aromatic N) is 2.